The van der Waals surface area contributed by atoms with Gasteiger partial charge in [0.1, 0.15) is 20.9 Å². The zero-order valence-electron chi connectivity index (χ0n) is 15.3. The summed E-state index contributed by atoms with van der Waals surface area (Å²) in [7, 11) is -1.35. The molecule has 1 N–H and O–H groups in total. The van der Waals surface area contributed by atoms with Crippen molar-refractivity contribution >= 4 is 33.9 Å². The zero-order valence-corrected chi connectivity index (χ0v) is 17.7. The first-order valence-electron chi connectivity index (χ1n) is 8.81. The summed E-state index contributed by atoms with van der Waals surface area (Å²) < 4.78 is 22.2. The Kier molecular flexibility index (Phi) is 7.07. The number of ether oxygens (including phenoxy) is 1. The monoisotopic (exact) mass is 419 g/mol. The minimum Gasteiger partial charge on any atom is -0.445 e. The average Bonchev–Trinajstić information content (AvgIpc) is 2.91. The summed E-state index contributed by atoms with van der Waals surface area (Å²) in [4.78, 5) is 0. The molecule has 6 heteroatoms. The van der Waals surface area contributed by atoms with Crippen LogP contribution >= 0.6 is 22.9 Å². The standard InChI is InChI=1S/C21H22ClNO2S2/c1-3-16-9-11-18(12-10-16)25-21-19(22)13-20(26-21)27(24)23-14-17-8-6-4-5-7-15(17)2/h5-13,23H,3-4,14H2,1-2H3. The molecule has 0 aliphatic heterocycles. The lowest BCUT2D eigenvalue weighted by Crippen LogP contribution is -2.19. The molecule has 0 fully saturated rings. The maximum absolute atomic E-state index is 12.6. The predicted molar refractivity (Wildman–Crippen MR) is 115 cm³/mol. The highest BCUT2D eigenvalue weighted by Crippen LogP contribution is 2.39. The average molecular weight is 420 g/mol. The van der Waals surface area contributed by atoms with Crippen LogP contribution in [0.3, 0.4) is 0 Å². The Morgan fingerprint density at radius 1 is 1.22 bits per heavy atom. The van der Waals surface area contributed by atoms with E-state index in [1.807, 2.05) is 24.3 Å². The van der Waals surface area contributed by atoms with Crippen LogP contribution in [0, 0.1) is 0 Å². The van der Waals surface area contributed by atoms with Crippen molar-refractivity contribution in [2.75, 3.05) is 6.54 Å². The van der Waals surface area contributed by atoms with Crippen molar-refractivity contribution in [2.24, 2.45) is 0 Å². The van der Waals surface area contributed by atoms with Crippen molar-refractivity contribution in [2.45, 2.75) is 30.9 Å². The summed E-state index contributed by atoms with van der Waals surface area (Å²) in [6, 6.07) is 9.61. The van der Waals surface area contributed by atoms with Crippen molar-refractivity contribution < 1.29 is 8.95 Å². The van der Waals surface area contributed by atoms with Crippen molar-refractivity contribution in [3.63, 3.8) is 0 Å². The highest BCUT2D eigenvalue weighted by molar-refractivity contribution is 7.85. The Bertz CT molecular complexity index is 911. The van der Waals surface area contributed by atoms with Gasteiger partial charge in [0, 0.05) is 6.54 Å². The van der Waals surface area contributed by atoms with E-state index >= 15 is 0 Å². The molecular formula is C21H22ClNO2S2. The maximum atomic E-state index is 12.6. The molecule has 1 aromatic carbocycles. The minimum absolute atomic E-state index is 0.470. The van der Waals surface area contributed by atoms with Crippen LogP contribution in [0.15, 0.2) is 70.0 Å². The lowest BCUT2D eigenvalue weighted by atomic mass is 10.1. The van der Waals surface area contributed by atoms with Crippen molar-refractivity contribution in [3.8, 4) is 10.8 Å². The zero-order chi connectivity index (χ0) is 19.2. The van der Waals surface area contributed by atoms with E-state index in [4.69, 9.17) is 16.3 Å². The van der Waals surface area contributed by atoms with Crippen LogP contribution in [0.1, 0.15) is 25.8 Å². The number of benzene rings is 1. The quantitative estimate of drug-likeness (QED) is 0.580. The summed E-state index contributed by atoms with van der Waals surface area (Å²) >= 11 is 7.58. The summed E-state index contributed by atoms with van der Waals surface area (Å²) in [5, 5.41) is 1.02. The number of aryl methyl sites for hydroxylation is 1. The fourth-order valence-corrected chi connectivity index (χ4v) is 4.99. The fraction of sp³-hybridized carbons (Fsp3) is 0.238. The molecule has 3 rings (SSSR count). The first kappa shape index (κ1) is 20.1. The van der Waals surface area contributed by atoms with Crippen LogP contribution in [0.2, 0.25) is 5.02 Å². The van der Waals surface area contributed by atoms with Gasteiger partial charge in [0.2, 0.25) is 5.06 Å². The van der Waals surface area contributed by atoms with Crippen molar-refractivity contribution in [3.05, 3.63) is 76.4 Å². The smallest absolute Gasteiger partial charge is 0.200 e. The highest BCUT2D eigenvalue weighted by Gasteiger charge is 2.15. The van der Waals surface area contributed by atoms with E-state index in [2.05, 4.69) is 42.9 Å². The number of thiophene rings is 1. The van der Waals surface area contributed by atoms with Gasteiger partial charge in [-0.2, -0.15) is 0 Å². The number of allylic oxidation sites excluding steroid dienone is 4. The molecular weight excluding hydrogens is 398 g/mol. The minimum atomic E-state index is -1.35. The van der Waals surface area contributed by atoms with Crippen LogP contribution in [0.4, 0.5) is 0 Å². The van der Waals surface area contributed by atoms with E-state index in [1.54, 1.807) is 6.07 Å². The van der Waals surface area contributed by atoms with Crippen LogP contribution < -0.4 is 9.46 Å². The number of rotatable bonds is 7. The Labute approximate surface area is 172 Å². The molecule has 0 saturated heterocycles. The molecule has 142 valence electrons. The van der Waals surface area contributed by atoms with Crippen molar-refractivity contribution in [1.29, 1.82) is 0 Å². The van der Waals surface area contributed by atoms with Gasteiger partial charge in [-0.1, -0.05) is 66.3 Å². The lowest BCUT2D eigenvalue weighted by molar-refractivity contribution is 0.496. The van der Waals surface area contributed by atoms with Crippen LogP contribution in [-0.4, -0.2) is 10.8 Å². The van der Waals surface area contributed by atoms with Gasteiger partial charge in [-0.3, -0.25) is 0 Å². The molecule has 27 heavy (non-hydrogen) atoms. The second-order valence-corrected chi connectivity index (χ2v) is 9.09. The fourth-order valence-electron chi connectivity index (χ4n) is 2.58. The van der Waals surface area contributed by atoms with E-state index in [0.29, 0.717) is 20.8 Å². The van der Waals surface area contributed by atoms with Crippen LogP contribution in [-0.2, 0) is 17.4 Å². The molecule has 0 spiro atoms. The van der Waals surface area contributed by atoms with Gasteiger partial charge >= 0.3 is 0 Å². The molecule has 1 aromatic heterocycles. The third-order valence-electron chi connectivity index (χ3n) is 4.22. The Hall–Kier alpha value is -1.66. The van der Waals surface area contributed by atoms with Gasteiger partial charge in [0.15, 0.2) is 0 Å². The second-order valence-electron chi connectivity index (χ2n) is 6.14. The highest BCUT2D eigenvalue weighted by atomic mass is 35.5. The molecule has 0 radical (unpaired) electrons. The van der Waals surface area contributed by atoms with Gasteiger partial charge in [0.05, 0.1) is 5.02 Å². The van der Waals surface area contributed by atoms with Crippen LogP contribution in [0.5, 0.6) is 10.8 Å². The molecule has 0 amide bonds. The molecule has 0 bridgehead atoms. The summed E-state index contributed by atoms with van der Waals surface area (Å²) in [5.41, 5.74) is 3.56. The predicted octanol–water partition coefficient (Wildman–Crippen LogP) is 6.20. The third kappa shape index (κ3) is 5.42. The van der Waals surface area contributed by atoms with E-state index in [1.165, 1.54) is 22.5 Å². The normalized spacial score (nSPS) is 15.1. The second kappa shape index (κ2) is 9.51. The number of hydrogen-bond acceptors (Lipinski definition) is 3. The topological polar surface area (TPSA) is 38.3 Å². The van der Waals surface area contributed by atoms with E-state index < -0.39 is 11.0 Å². The Morgan fingerprint density at radius 2 is 1.96 bits per heavy atom. The summed E-state index contributed by atoms with van der Waals surface area (Å²) in [6.45, 7) is 4.70. The van der Waals surface area contributed by atoms with Gasteiger partial charge in [-0.25, -0.2) is 8.93 Å². The summed E-state index contributed by atoms with van der Waals surface area (Å²) in [5.74, 6) is 0.720. The van der Waals surface area contributed by atoms with Gasteiger partial charge in [0.25, 0.3) is 0 Å². The molecule has 2 aromatic rings. The molecule has 1 heterocycles. The Morgan fingerprint density at radius 3 is 2.70 bits per heavy atom. The maximum Gasteiger partial charge on any atom is 0.200 e. The Balaban J connectivity index is 1.66. The first-order chi connectivity index (χ1) is 13.1. The molecule has 1 atom stereocenters. The lowest BCUT2D eigenvalue weighted by Gasteiger charge is -2.06. The third-order valence-corrected chi connectivity index (χ3v) is 7.01. The van der Waals surface area contributed by atoms with Crippen molar-refractivity contribution in [1.82, 2.24) is 4.72 Å². The van der Waals surface area contributed by atoms with Crippen LogP contribution in [0.25, 0.3) is 0 Å². The molecule has 3 nitrogen and oxygen atoms in total. The molecule has 1 unspecified atom stereocenters. The summed E-state index contributed by atoms with van der Waals surface area (Å²) in [6.07, 6.45) is 10.3. The van der Waals surface area contributed by atoms with Gasteiger partial charge < -0.3 is 4.74 Å². The number of hydrogen-bond donors (Lipinski definition) is 1. The molecule has 1 aliphatic rings. The number of nitrogens with one attached hydrogen (secondary N) is 1. The molecule has 1 aliphatic carbocycles. The SMILES string of the molecule is CCc1ccc(Oc2sc(S(=O)NCC3=C(C)C=CCC=C3)cc2Cl)cc1. The van der Waals surface area contributed by atoms with E-state index in [9.17, 15) is 4.21 Å². The largest absolute Gasteiger partial charge is 0.445 e. The van der Waals surface area contributed by atoms with E-state index in [0.717, 1.165) is 24.2 Å². The van der Waals surface area contributed by atoms with E-state index in [-0.39, 0.29) is 0 Å². The first-order valence-corrected chi connectivity index (χ1v) is 11.2. The number of halogens is 1. The van der Waals surface area contributed by atoms with Gasteiger partial charge in [-0.05, 0) is 54.7 Å². The molecule has 0 saturated carbocycles. The van der Waals surface area contributed by atoms with Gasteiger partial charge in [-0.15, -0.1) is 0 Å².